The van der Waals surface area contributed by atoms with Crippen LogP contribution in [0.5, 0.6) is 0 Å². The largest absolute Gasteiger partial charge is 0.348 e. The van der Waals surface area contributed by atoms with Crippen LogP contribution in [-0.2, 0) is 4.79 Å². The normalized spacial score (nSPS) is 28.9. The number of hydrogen-bond donors (Lipinski definition) is 2. The van der Waals surface area contributed by atoms with E-state index in [0.717, 1.165) is 31.6 Å². The first kappa shape index (κ1) is 14.5. The number of nitrogens with two attached hydrogens (primary N) is 1. The minimum Gasteiger partial charge on any atom is -0.348 e. The lowest BCUT2D eigenvalue weighted by molar-refractivity contribution is -0.133. The van der Waals surface area contributed by atoms with Crippen molar-refractivity contribution in [1.29, 1.82) is 0 Å². The molecule has 1 aliphatic carbocycles. The lowest BCUT2D eigenvalue weighted by Crippen LogP contribution is -2.48. The van der Waals surface area contributed by atoms with Crippen molar-refractivity contribution >= 4 is 17.2 Å². The van der Waals surface area contributed by atoms with E-state index in [-0.39, 0.29) is 17.4 Å². The molecule has 0 radical (unpaired) electrons. The van der Waals surface area contributed by atoms with Gasteiger partial charge >= 0.3 is 0 Å². The Morgan fingerprint density at radius 1 is 1.58 bits per heavy atom. The van der Waals surface area contributed by atoms with Crippen molar-refractivity contribution in [2.45, 2.75) is 45.6 Å². The Kier molecular flexibility index (Phi) is 4.63. The number of thiophene rings is 1. The molecular weight excluding hydrogens is 256 g/mol. The fourth-order valence-corrected chi connectivity index (χ4v) is 3.53. The molecule has 106 valence electrons. The fourth-order valence-electron chi connectivity index (χ4n) is 2.80. The summed E-state index contributed by atoms with van der Waals surface area (Å²) in [5.41, 5.74) is 5.59. The van der Waals surface area contributed by atoms with Crippen molar-refractivity contribution in [1.82, 2.24) is 5.32 Å². The van der Waals surface area contributed by atoms with Gasteiger partial charge in [-0.05, 0) is 50.0 Å². The van der Waals surface area contributed by atoms with Crippen LogP contribution in [0.25, 0.3) is 0 Å². The van der Waals surface area contributed by atoms with Gasteiger partial charge in [0.25, 0.3) is 0 Å². The molecule has 1 unspecified atom stereocenters. The van der Waals surface area contributed by atoms with E-state index in [1.165, 1.54) is 4.88 Å². The molecule has 1 aliphatic rings. The Balaban J connectivity index is 2.01. The third-order valence-corrected chi connectivity index (χ3v) is 5.48. The molecule has 19 heavy (non-hydrogen) atoms. The van der Waals surface area contributed by atoms with Gasteiger partial charge in [-0.2, -0.15) is 0 Å². The number of carbonyl (C=O) groups excluding carboxylic acids is 1. The van der Waals surface area contributed by atoms with Crippen LogP contribution in [-0.4, -0.2) is 12.5 Å². The second kappa shape index (κ2) is 6.06. The van der Waals surface area contributed by atoms with Crippen LogP contribution < -0.4 is 11.1 Å². The molecule has 3 nitrogen and oxygen atoms in total. The van der Waals surface area contributed by atoms with Gasteiger partial charge in [-0.15, -0.1) is 11.3 Å². The van der Waals surface area contributed by atoms with Crippen LogP contribution >= 0.6 is 11.3 Å². The van der Waals surface area contributed by atoms with Gasteiger partial charge in [-0.3, -0.25) is 4.79 Å². The van der Waals surface area contributed by atoms with Crippen molar-refractivity contribution in [3.63, 3.8) is 0 Å². The van der Waals surface area contributed by atoms with E-state index in [9.17, 15) is 4.79 Å². The van der Waals surface area contributed by atoms with Gasteiger partial charge in [0.1, 0.15) is 0 Å². The summed E-state index contributed by atoms with van der Waals surface area (Å²) in [7, 11) is 0. The number of rotatable bonds is 4. The minimum atomic E-state index is -0.335. The Morgan fingerprint density at radius 3 is 2.79 bits per heavy atom. The smallest absolute Gasteiger partial charge is 0.227 e. The average Bonchev–Trinajstić information content (AvgIpc) is 2.94. The summed E-state index contributed by atoms with van der Waals surface area (Å²) in [6.45, 7) is 4.76. The molecule has 1 fully saturated rings. The van der Waals surface area contributed by atoms with E-state index in [0.29, 0.717) is 6.54 Å². The van der Waals surface area contributed by atoms with Gasteiger partial charge in [0, 0.05) is 11.4 Å². The maximum atomic E-state index is 12.6. The van der Waals surface area contributed by atoms with Crippen LogP contribution in [0.4, 0.5) is 0 Å². The molecule has 0 bridgehead atoms. The summed E-state index contributed by atoms with van der Waals surface area (Å²) in [5, 5.41) is 5.19. The Hall–Kier alpha value is -0.870. The summed E-state index contributed by atoms with van der Waals surface area (Å²) in [6.07, 6.45) is 4.07. The molecule has 1 aromatic heterocycles. The summed E-state index contributed by atoms with van der Waals surface area (Å²) in [4.78, 5) is 13.8. The van der Waals surface area contributed by atoms with Gasteiger partial charge < -0.3 is 11.1 Å². The molecule has 0 aliphatic heterocycles. The Bertz CT molecular complexity index is 408. The van der Waals surface area contributed by atoms with Crippen molar-refractivity contribution in [3.8, 4) is 0 Å². The van der Waals surface area contributed by atoms with Gasteiger partial charge in [-0.25, -0.2) is 0 Å². The van der Waals surface area contributed by atoms with E-state index < -0.39 is 0 Å². The van der Waals surface area contributed by atoms with Crippen LogP contribution in [0.1, 0.15) is 50.4 Å². The van der Waals surface area contributed by atoms with E-state index in [2.05, 4.69) is 18.3 Å². The summed E-state index contributed by atoms with van der Waals surface area (Å²) in [6, 6.07) is 4.16. The molecule has 0 spiro atoms. The number of nitrogens with one attached hydrogen (secondary N) is 1. The standard InChI is InChI=1S/C15H24N2OS/c1-11-5-7-15(10-16,8-6-11)14(18)17-12(2)13-4-3-9-19-13/h3-4,9,11-12H,5-8,10,16H2,1-2H3,(H,17,18). The predicted octanol–water partition coefficient (Wildman–Crippen LogP) is 3.08. The van der Waals surface area contributed by atoms with Crippen LogP contribution in [0, 0.1) is 11.3 Å². The summed E-state index contributed by atoms with van der Waals surface area (Å²) < 4.78 is 0. The molecule has 1 heterocycles. The molecule has 3 N–H and O–H groups in total. The highest BCUT2D eigenvalue weighted by molar-refractivity contribution is 7.10. The second-order valence-corrected chi connectivity index (χ2v) is 6.86. The SMILES string of the molecule is CC1CCC(CN)(C(=O)NC(C)c2cccs2)CC1. The highest BCUT2D eigenvalue weighted by Crippen LogP contribution is 2.38. The van der Waals surface area contributed by atoms with Gasteiger partial charge in [0.05, 0.1) is 11.5 Å². The summed E-state index contributed by atoms with van der Waals surface area (Å²) in [5.74, 6) is 0.866. The predicted molar refractivity (Wildman–Crippen MR) is 80.0 cm³/mol. The molecule has 2 rings (SSSR count). The molecule has 0 aromatic carbocycles. The third kappa shape index (κ3) is 3.18. The topological polar surface area (TPSA) is 55.1 Å². The van der Waals surface area contributed by atoms with E-state index >= 15 is 0 Å². The Morgan fingerprint density at radius 2 is 2.26 bits per heavy atom. The zero-order valence-corrected chi connectivity index (χ0v) is 12.6. The van der Waals surface area contributed by atoms with Crippen molar-refractivity contribution in [2.24, 2.45) is 17.1 Å². The number of amides is 1. The van der Waals surface area contributed by atoms with E-state index in [1.807, 2.05) is 18.4 Å². The summed E-state index contributed by atoms with van der Waals surface area (Å²) >= 11 is 1.68. The van der Waals surface area contributed by atoms with Crippen molar-refractivity contribution in [2.75, 3.05) is 6.54 Å². The molecule has 1 amide bonds. The third-order valence-electron chi connectivity index (χ3n) is 4.42. The van der Waals surface area contributed by atoms with Crippen LogP contribution in [0.15, 0.2) is 17.5 Å². The lowest BCUT2D eigenvalue weighted by Gasteiger charge is -2.37. The van der Waals surface area contributed by atoms with Crippen LogP contribution in [0.2, 0.25) is 0 Å². The van der Waals surface area contributed by atoms with Crippen molar-refractivity contribution < 1.29 is 4.79 Å². The zero-order chi connectivity index (χ0) is 13.9. The maximum Gasteiger partial charge on any atom is 0.227 e. The Labute approximate surface area is 119 Å². The highest BCUT2D eigenvalue weighted by atomic mass is 32.1. The van der Waals surface area contributed by atoms with Crippen molar-refractivity contribution in [3.05, 3.63) is 22.4 Å². The van der Waals surface area contributed by atoms with E-state index in [1.54, 1.807) is 11.3 Å². The molecule has 1 aromatic rings. The first-order valence-electron chi connectivity index (χ1n) is 7.12. The van der Waals surface area contributed by atoms with Gasteiger partial charge in [-0.1, -0.05) is 13.0 Å². The monoisotopic (exact) mass is 280 g/mol. The molecule has 1 atom stereocenters. The number of hydrogen-bond acceptors (Lipinski definition) is 3. The quantitative estimate of drug-likeness (QED) is 0.890. The first-order valence-corrected chi connectivity index (χ1v) is 8.00. The van der Waals surface area contributed by atoms with Gasteiger partial charge in [0.15, 0.2) is 0 Å². The lowest BCUT2D eigenvalue weighted by atomic mass is 9.70. The molecule has 1 saturated carbocycles. The molecular formula is C15H24N2OS. The fraction of sp³-hybridized carbons (Fsp3) is 0.667. The van der Waals surface area contributed by atoms with Crippen LogP contribution in [0.3, 0.4) is 0 Å². The highest BCUT2D eigenvalue weighted by Gasteiger charge is 2.40. The van der Waals surface area contributed by atoms with Gasteiger partial charge in [0.2, 0.25) is 5.91 Å². The molecule has 0 saturated heterocycles. The maximum absolute atomic E-state index is 12.6. The second-order valence-electron chi connectivity index (χ2n) is 5.88. The van der Waals surface area contributed by atoms with E-state index in [4.69, 9.17) is 5.73 Å². The zero-order valence-electron chi connectivity index (χ0n) is 11.8. The average molecular weight is 280 g/mol. The first-order chi connectivity index (χ1) is 9.07. The minimum absolute atomic E-state index is 0.0790. The number of carbonyl (C=O) groups is 1. The molecule has 4 heteroatoms.